The lowest BCUT2D eigenvalue weighted by Crippen LogP contribution is -2.39. The van der Waals surface area contributed by atoms with Gasteiger partial charge in [-0.15, -0.1) is 0 Å². The van der Waals surface area contributed by atoms with Crippen LogP contribution in [-0.4, -0.2) is 50.9 Å². The number of carbonyl (C=O) groups is 1. The number of fused-ring (bicyclic) bond motifs is 2. The van der Waals surface area contributed by atoms with Crippen LogP contribution in [0.4, 0.5) is 5.69 Å². The van der Waals surface area contributed by atoms with Crippen LogP contribution in [0.25, 0.3) is 16.8 Å². The molecule has 0 bridgehead atoms. The van der Waals surface area contributed by atoms with Gasteiger partial charge in [-0.3, -0.25) is 14.2 Å². The van der Waals surface area contributed by atoms with Gasteiger partial charge in [-0.05, 0) is 48.9 Å². The van der Waals surface area contributed by atoms with Crippen molar-refractivity contribution in [2.75, 3.05) is 45.4 Å². The topological polar surface area (TPSA) is 82.4 Å². The molecule has 1 atom stereocenters. The zero-order chi connectivity index (χ0) is 28.7. The molecular formula is C32H31N3O5S. The summed E-state index contributed by atoms with van der Waals surface area (Å²) < 4.78 is 19.2. The molecule has 0 amide bonds. The molecule has 6 rings (SSSR count). The van der Waals surface area contributed by atoms with E-state index < -0.39 is 6.04 Å². The minimum Gasteiger partial charge on any atom is -0.496 e. The van der Waals surface area contributed by atoms with Crippen LogP contribution >= 0.6 is 11.3 Å². The Balaban J connectivity index is 1.55. The largest absolute Gasteiger partial charge is 0.496 e. The maximum absolute atomic E-state index is 14.2. The van der Waals surface area contributed by atoms with Crippen LogP contribution in [-0.2, 0) is 9.53 Å². The van der Waals surface area contributed by atoms with Crippen molar-refractivity contribution in [3.8, 4) is 11.5 Å². The third-order valence-corrected chi connectivity index (χ3v) is 8.69. The van der Waals surface area contributed by atoms with Crippen LogP contribution in [0.1, 0.15) is 31.0 Å². The molecule has 9 heteroatoms. The van der Waals surface area contributed by atoms with Gasteiger partial charge in [0.25, 0.3) is 5.56 Å². The predicted molar refractivity (Wildman–Crippen MR) is 161 cm³/mol. The monoisotopic (exact) mass is 569 g/mol. The Kier molecular flexibility index (Phi) is 7.23. The first-order chi connectivity index (χ1) is 19.9. The Morgan fingerprint density at radius 3 is 2.54 bits per heavy atom. The zero-order valence-corrected chi connectivity index (χ0v) is 24.3. The third kappa shape index (κ3) is 4.75. The van der Waals surface area contributed by atoms with E-state index >= 15 is 0 Å². The number of allylic oxidation sites excluding steroid dienone is 2. The number of Topliss-reactive ketones (excluding diaryl/α,β-unsaturated/α-hetero) is 1. The Morgan fingerprint density at radius 1 is 1.05 bits per heavy atom. The normalized spacial score (nSPS) is 17.4. The van der Waals surface area contributed by atoms with Gasteiger partial charge in [-0.1, -0.05) is 41.7 Å². The molecule has 0 radical (unpaired) electrons. The molecule has 3 aromatic carbocycles. The molecule has 1 aromatic heterocycles. The van der Waals surface area contributed by atoms with E-state index in [1.54, 1.807) is 18.8 Å². The van der Waals surface area contributed by atoms with E-state index in [2.05, 4.69) is 4.90 Å². The number of anilines is 1. The van der Waals surface area contributed by atoms with Crippen molar-refractivity contribution >= 4 is 39.7 Å². The van der Waals surface area contributed by atoms with Crippen LogP contribution < -0.4 is 29.3 Å². The summed E-state index contributed by atoms with van der Waals surface area (Å²) in [6.45, 7) is 6.36. The average Bonchev–Trinajstić information content (AvgIpc) is 3.30. The second-order valence-electron chi connectivity index (χ2n) is 10.1. The van der Waals surface area contributed by atoms with Gasteiger partial charge in [0, 0.05) is 47.2 Å². The van der Waals surface area contributed by atoms with Crippen molar-refractivity contribution in [2.24, 2.45) is 4.99 Å². The highest BCUT2D eigenvalue weighted by Gasteiger charge is 2.34. The Bertz CT molecular complexity index is 1880. The lowest BCUT2D eigenvalue weighted by Gasteiger charge is -2.29. The number of ether oxygens (including phenoxy) is 3. The summed E-state index contributed by atoms with van der Waals surface area (Å²) in [5.74, 6) is 1.14. The first-order valence-corrected chi connectivity index (χ1v) is 14.3. The molecular weight excluding hydrogens is 538 g/mol. The Labute approximate surface area is 241 Å². The molecule has 2 aliphatic rings. The van der Waals surface area contributed by atoms with Gasteiger partial charge in [-0.25, -0.2) is 4.99 Å². The smallest absolute Gasteiger partial charge is 0.271 e. The highest BCUT2D eigenvalue weighted by molar-refractivity contribution is 7.07. The van der Waals surface area contributed by atoms with Gasteiger partial charge in [0.2, 0.25) is 0 Å². The van der Waals surface area contributed by atoms with Gasteiger partial charge in [0.1, 0.15) is 11.5 Å². The number of benzene rings is 3. The summed E-state index contributed by atoms with van der Waals surface area (Å²) in [5, 5.41) is 1.91. The zero-order valence-electron chi connectivity index (χ0n) is 23.5. The lowest BCUT2D eigenvalue weighted by molar-refractivity contribution is -0.114. The molecule has 210 valence electrons. The number of morpholine rings is 1. The summed E-state index contributed by atoms with van der Waals surface area (Å²) in [4.78, 5) is 34.8. The van der Waals surface area contributed by atoms with E-state index in [1.165, 1.54) is 18.3 Å². The summed E-state index contributed by atoms with van der Waals surface area (Å²) in [7, 11) is 3.24. The fraction of sp³-hybridized carbons (Fsp3) is 0.281. The molecule has 0 N–H and O–H groups in total. The molecule has 4 aromatic rings. The van der Waals surface area contributed by atoms with Crippen LogP contribution in [0.3, 0.4) is 0 Å². The highest BCUT2D eigenvalue weighted by Crippen LogP contribution is 2.40. The van der Waals surface area contributed by atoms with Gasteiger partial charge in [0.05, 0.1) is 38.0 Å². The number of carbonyl (C=O) groups excluding carboxylic acids is 1. The number of hydrogen-bond donors (Lipinski definition) is 0. The molecule has 41 heavy (non-hydrogen) atoms. The van der Waals surface area contributed by atoms with Crippen LogP contribution in [0, 0.1) is 0 Å². The molecule has 0 saturated carbocycles. The number of nitrogens with zero attached hydrogens (tertiary/aromatic N) is 3. The van der Waals surface area contributed by atoms with Gasteiger partial charge < -0.3 is 19.1 Å². The maximum Gasteiger partial charge on any atom is 0.271 e. The highest BCUT2D eigenvalue weighted by atomic mass is 32.1. The summed E-state index contributed by atoms with van der Waals surface area (Å²) >= 11 is 1.30. The second-order valence-corrected chi connectivity index (χ2v) is 11.1. The van der Waals surface area contributed by atoms with Crippen molar-refractivity contribution in [2.45, 2.75) is 19.9 Å². The number of ketones is 1. The van der Waals surface area contributed by atoms with E-state index in [4.69, 9.17) is 19.2 Å². The van der Waals surface area contributed by atoms with E-state index in [0.717, 1.165) is 40.7 Å². The third-order valence-electron chi connectivity index (χ3n) is 7.70. The fourth-order valence-electron chi connectivity index (χ4n) is 5.76. The number of methoxy groups -OCH3 is 2. The van der Waals surface area contributed by atoms with E-state index in [0.29, 0.717) is 45.3 Å². The molecule has 0 spiro atoms. The van der Waals surface area contributed by atoms with Crippen molar-refractivity contribution in [3.05, 3.63) is 96.7 Å². The van der Waals surface area contributed by atoms with Crippen LogP contribution in [0.2, 0.25) is 0 Å². The number of rotatable bonds is 6. The van der Waals surface area contributed by atoms with E-state index in [9.17, 15) is 9.59 Å². The van der Waals surface area contributed by atoms with Crippen molar-refractivity contribution in [1.82, 2.24) is 4.57 Å². The van der Waals surface area contributed by atoms with E-state index in [-0.39, 0.29) is 11.3 Å². The summed E-state index contributed by atoms with van der Waals surface area (Å²) in [6, 6.07) is 17.1. The molecule has 3 heterocycles. The van der Waals surface area contributed by atoms with Crippen LogP contribution in [0.5, 0.6) is 11.5 Å². The van der Waals surface area contributed by atoms with Gasteiger partial charge in [-0.2, -0.15) is 0 Å². The fourth-order valence-corrected chi connectivity index (χ4v) is 6.80. The first-order valence-electron chi connectivity index (χ1n) is 13.5. The molecule has 1 saturated heterocycles. The molecule has 0 aliphatic carbocycles. The summed E-state index contributed by atoms with van der Waals surface area (Å²) in [6.07, 6.45) is 1.84. The predicted octanol–water partition coefficient (Wildman–Crippen LogP) is 3.83. The van der Waals surface area contributed by atoms with Crippen molar-refractivity contribution < 1.29 is 19.0 Å². The SMILES string of the molecule is COc1cc(N2CCOCC2)ccc1/C=c1/sc2n(c1=O)C(c1c(OC)ccc3ccccc13)C(C(C)=O)=C(C)N=2. The number of thiazole rings is 1. The van der Waals surface area contributed by atoms with Crippen molar-refractivity contribution in [3.63, 3.8) is 0 Å². The first kappa shape index (κ1) is 27.0. The minimum absolute atomic E-state index is 0.138. The molecule has 1 fully saturated rings. The average molecular weight is 570 g/mol. The standard InChI is InChI=1S/C32H31N3O5S/c1-19-28(20(2)36)30(29-24-8-6-5-7-21(24)10-12-25(29)38-3)35-31(37)27(41-32(35)33-19)17-22-9-11-23(18-26(22)39-4)34-13-15-40-16-14-34/h5-12,17-18,30H,13-16H2,1-4H3/b27-17+. The summed E-state index contributed by atoms with van der Waals surface area (Å²) in [5.41, 5.74) is 3.46. The van der Waals surface area contributed by atoms with Gasteiger partial charge >= 0.3 is 0 Å². The van der Waals surface area contributed by atoms with Crippen LogP contribution in [0.15, 0.2) is 75.7 Å². The molecule has 8 nitrogen and oxygen atoms in total. The Morgan fingerprint density at radius 2 is 1.80 bits per heavy atom. The minimum atomic E-state index is -0.683. The second kappa shape index (κ2) is 11.0. The lowest BCUT2D eigenvalue weighted by atomic mass is 9.89. The molecule has 1 unspecified atom stereocenters. The maximum atomic E-state index is 14.2. The van der Waals surface area contributed by atoms with E-state index in [1.807, 2.05) is 67.6 Å². The van der Waals surface area contributed by atoms with Gasteiger partial charge in [0.15, 0.2) is 10.6 Å². The quantitative estimate of drug-likeness (QED) is 0.351. The molecule has 2 aliphatic heterocycles. The van der Waals surface area contributed by atoms with Crippen molar-refractivity contribution in [1.29, 1.82) is 0 Å². The number of hydrogen-bond acceptors (Lipinski definition) is 8. The number of aromatic nitrogens is 1. The Hall–Kier alpha value is -4.21.